The first-order valence-corrected chi connectivity index (χ1v) is 14.7. The van der Waals surface area contributed by atoms with Crippen molar-refractivity contribution in [1.82, 2.24) is 10.2 Å². The molecule has 0 spiro atoms. The molecule has 0 aromatic heterocycles. The largest absolute Gasteiger partial charge is 0.354 e. The Kier molecular flexibility index (Phi) is 9.92. The van der Waals surface area contributed by atoms with Crippen molar-refractivity contribution in [3.05, 3.63) is 94.5 Å². The molecule has 3 aromatic rings. The standard InChI is InChI=1S/C31H39N3O4S/c1-7-18-32-31(36)26(6)33(20-27-11-9-8-10-24(27)4)30(35)21-34(29-19-23(3)12-15-25(29)5)39(37,38)28-16-13-22(2)14-17-28/h8-17,19,26H,7,18,20-21H2,1-6H3,(H,32,36). The molecule has 2 amide bonds. The van der Waals surface area contributed by atoms with Crippen LogP contribution in [0.3, 0.4) is 0 Å². The second kappa shape index (κ2) is 12.9. The molecule has 3 aromatic carbocycles. The Morgan fingerprint density at radius 2 is 1.51 bits per heavy atom. The van der Waals surface area contributed by atoms with Gasteiger partial charge in [0.1, 0.15) is 12.6 Å². The van der Waals surface area contributed by atoms with Crippen molar-refractivity contribution in [3.8, 4) is 0 Å². The maximum Gasteiger partial charge on any atom is 0.264 e. The molecule has 0 saturated carbocycles. The number of sulfonamides is 1. The first-order valence-electron chi connectivity index (χ1n) is 13.2. The zero-order chi connectivity index (χ0) is 28.7. The van der Waals surface area contributed by atoms with E-state index in [-0.39, 0.29) is 17.3 Å². The minimum absolute atomic E-state index is 0.0981. The number of amides is 2. The Morgan fingerprint density at radius 3 is 2.15 bits per heavy atom. The monoisotopic (exact) mass is 549 g/mol. The van der Waals surface area contributed by atoms with Crippen LogP contribution in [0.2, 0.25) is 0 Å². The lowest BCUT2D eigenvalue weighted by molar-refractivity contribution is -0.139. The highest BCUT2D eigenvalue weighted by molar-refractivity contribution is 7.92. The molecule has 208 valence electrons. The number of aryl methyl sites for hydroxylation is 4. The van der Waals surface area contributed by atoms with Gasteiger partial charge in [-0.3, -0.25) is 13.9 Å². The van der Waals surface area contributed by atoms with Gasteiger partial charge in [0.25, 0.3) is 10.0 Å². The number of nitrogens with zero attached hydrogens (tertiary/aromatic N) is 2. The zero-order valence-electron chi connectivity index (χ0n) is 23.7. The lowest BCUT2D eigenvalue weighted by atomic mass is 10.1. The number of rotatable bonds is 11. The molecular formula is C31H39N3O4S. The van der Waals surface area contributed by atoms with Crippen LogP contribution in [0.15, 0.2) is 71.6 Å². The number of nitrogens with one attached hydrogen (secondary N) is 1. The average molecular weight is 550 g/mol. The highest BCUT2D eigenvalue weighted by atomic mass is 32.2. The van der Waals surface area contributed by atoms with Crippen molar-refractivity contribution < 1.29 is 18.0 Å². The third-order valence-electron chi connectivity index (χ3n) is 6.84. The van der Waals surface area contributed by atoms with E-state index in [4.69, 9.17) is 0 Å². The van der Waals surface area contributed by atoms with Gasteiger partial charge in [0.05, 0.1) is 10.6 Å². The lowest BCUT2D eigenvalue weighted by Gasteiger charge is -2.33. The summed E-state index contributed by atoms with van der Waals surface area (Å²) in [5.41, 5.74) is 4.83. The molecule has 1 unspecified atom stereocenters. The van der Waals surface area contributed by atoms with Gasteiger partial charge < -0.3 is 10.2 Å². The van der Waals surface area contributed by atoms with E-state index in [9.17, 15) is 18.0 Å². The van der Waals surface area contributed by atoms with E-state index in [1.54, 1.807) is 37.3 Å². The smallest absolute Gasteiger partial charge is 0.264 e. The molecule has 0 aliphatic carbocycles. The molecule has 0 aliphatic heterocycles. The predicted molar refractivity (Wildman–Crippen MR) is 156 cm³/mol. The van der Waals surface area contributed by atoms with Crippen LogP contribution in [0.25, 0.3) is 0 Å². The summed E-state index contributed by atoms with van der Waals surface area (Å²) in [6.45, 7) is 11.4. The Hall–Kier alpha value is -3.65. The second-order valence-electron chi connectivity index (χ2n) is 10.0. The lowest BCUT2D eigenvalue weighted by Crippen LogP contribution is -2.51. The molecular weight excluding hydrogens is 510 g/mol. The fraction of sp³-hybridized carbons (Fsp3) is 0.355. The number of benzene rings is 3. The SMILES string of the molecule is CCCNC(=O)C(C)N(Cc1ccccc1C)C(=O)CN(c1cc(C)ccc1C)S(=O)(=O)c1ccc(C)cc1. The molecule has 1 atom stereocenters. The van der Waals surface area contributed by atoms with Gasteiger partial charge in [-0.1, -0.05) is 61.0 Å². The van der Waals surface area contributed by atoms with Gasteiger partial charge in [0, 0.05) is 13.1 Å². The summed E-state index contributed by atoms with van der Waals surface area (Å²) in [4.78, 5) is 28.6. The second-order valence-corrected chi connectivity index (χ2v) is 11.9. The van der Waals surface area contributed by atoms with Gasteiger partial charge >= 0.3 is 0 Å². The van der Waals surface area contributed by atoms with E-state index in [1.807, 2.05) is 71.0 Å². The number of anilines is 1. The number of carbonyl (C=O) groups excluding carboxylic acids is 2. The van der Waals surface area contributed by atoms with Gasteiger partial charge in [0.2, 0.25) is 11.8 Å². The van der Waals surface area contributed by atoms with Gasteiger partial charge in [-0.25, -0.2) is 8.42 Å². The van der Waals surface area contributed by atoms with Gasteiger partial charge in [-0.15, -0.1) is 0 Å². The minimum atomic E-state index is -4.09. The molecule has 0 heterocycles. The average Bonchev–Trinajstić information content (AvgIpc) is 2.91. The Morgan fingerprint density at radius 1 is 0.872 bits per heavy atom. The van der Waals surface area contributed by atoms with E-state index in [1.165, 1.54) is 9.21 Å². The van der Waals surface area contributed by atoms with Crippen molar-refractivity contribution in [1.29, 1.82) is 0 Å². The fourth-order valence-electron chi connectivity index (χ4n) is 4.29. The molecule has 0 saturated heterocycles. The minimum Gasteiger partial charge on any atom is -0.354 e. The highest BCUT2D eigenvalue weighted by Gasteiger charge is 2.33. The Balaban J connectivity index is 2.07. The van der Waals surface area contributed by atoms with Crippen LogP contribution in [-0.4, -0.2) is 44.3 Å². The predicted octanol–water partition coefficient (Wildman–Crippen LogP) is 5.06. The van der Waals surface area contributed by atoms with Crippen molar-refractivity contribution in [2.24, 2.45) is 0 Å². The zero-order valence-corrected chi connectivity index (χ0v) is 24.5. The van der Waals surface area contributed by atoms with Crippen LogP contribution in [0.4, 0.5) is 5.69 Å². The van der Waals surface area contributed by atoms with Crippen LogP contribution in [0, 0.1) is 27.7 Å². The molecule has 0 aliphatic rings. The van der Waals surface area contributed by atoms with Crippen molar-refractivity contribution in [3.63, 3.8) is 0 Å². The summed E-state index contributed by atoms with van der Waals surface area (Å²) in [5, 5.41) is 2.87. The van der Waals surface area contributed by atoms with E-state index < -0.39 is 28.5 Å². The van der Waals surface area contributed by atoms with Crippen molar-refractivity contribution >= 4 is 27.5 Å². The summed E-state index contributed by atoms with van der Waals surface area (Å²) >= 11 is 0. The van der Waals surface area contributed by atoms with Gasteiger partial charge in [-0.2, -0.15) is 0 Å². The van der Waals surface area contributed by atoms with Crippen molar-refractivity contribution in [2.45, 2.75) is 65.4 Å². The first-order chi connectivity index (χ1) is 18.4. The molecule has 0 radical (unpaired) electrons. The van der Waals surface area contributed by atoms with E-state index in [2.05, 4.69) is 5.32 Å². The maximum atomic E-state index is 14.0. The summed E-state index contributed by atoms with van der Waals surface area (Å²) < 4.78 is 29.2. The quantitative estimate of drug-likeness (QED) is 0.362. The normalized spacial score (nSPS) is 12.1. The van der Waals surface area contributed by atoms with Gasteiger partial charge in [0.15, 0.2) is 0 Å². The Bertz CT molecular complexity index is 1420. The van der Waals surface area contributed by atoms with Crippen LogP contribution in [0.5, 0.6) is 0 Å². The number of hydrogen-bond donors (Lipinski definition) is 1. The fourth-order valence-corrected chi connectivity index (χ4v) is 5.76. The molecule has 1 N–H and O–H groups in total. The summed E-state index contributed by atoms with van der Waals surface area (Å²) in [7, 11) is -4.09. The van der Waals surface area contributed by atoms with Crippen molar-refractivity contribution in [2.75, 3.05) is 17.4 Å². The topological polar surface area (TPSA) is 86.8 Å². The summed E-state index contributed by atoms with van der Waals surface area (Å²) in [6.07, 6.45) is 0.763. The summed E-state index contributed by atoms with van der Waals surface area (Å²) in [6, 6.07) is 19.0. The third-order valence-corrected chi connectivity index (χ3v) is 8.61. The van der Waals surface area contributed by atoms with E-state index >= 15 is 0 Å². The van der Waals surface area contributed by atoms with Crippen LogP contribution in [0.1, 0.15) is 48.1 Å². The van der Waals surface area contributed by atoms with Crippen LogP contribution in [-0.2, 0) is 26.2 Å². The molecule has 0 bridgehead atoms. The third kappa shape index (κ3) is 7.26. The number of hydrogen-bond acceptors (Lipinski definition) is 4. The van der Waals surface area contributed by atoms with Crippen LogP contribution < -0.4 is 9.62 Å². The maximum absolute atomic E-state index is 14.0. The first kappa shape index (κ1) is 29.9. The van der Waals surface area contributed by atoms with Gasteiger partial charge in [-0.05, 0) is 81.5 Å². The molecule has 0 fully saturated rings. The molecule has 39 heavy (non-hydrogen) atoms. The molecule has 8 heteroatoms. The summed E-state index contributed by atoms with van der Waals surface area (Å²) in [5.74, 6) is -0.743. The Labute approximate surface area is 232 Å². The van der Waals surface area contributed by atoms with Crippen LogP contribution >= 0.6 is 0 Å². The highest BCUT2D eigenvalue weighted by Crippen LogP contribution is 2.29. The molecule has 3 rings (SSSR count). The number of carbonyl (C=O) groups is 2. The molecule has 7 nitrogen and oxygen atoms in total. The van der Waals surface area contributed by atoms with E-state index in [0.717, 1.165) is 34.2 Å². The van der Waals surface area contributed by atoms with E-state index in [0.29, 0.717) is 12.2 Å².